The molecule has 0 saturated heterocycles. The van der Waals surface area contributed by atoms with E-state index in [4.69, 9.17) is 9.72 Å². The molecule has 1 N–H and O–H groups in total. The third kappa shape index (κ3) is 4.06. The summed E-state index contributed by atoms with van der Waals surface area (Å²) in [4.78, 5) is 29.1. The van der Waals surface area contributed by atoms with Gasteiger partial charge in [0.25, 0.3) is 5.91 Å². The second kappa shape index (κ2) is 8.31. The number of hydrogen-bond acceptors (Lipinski definition) is 7. The molecule has 3 aromatic heterocycles. The molecule has 33 heavy (non-hydrogen) atoms. The van der Waals surface area contributed by atoms with Crippen molar-refractivity contribution < 1.29 is 9.53 Å². The van der Waals surface area contributed by atoms with Gasteiger partial charge in [0, 0.05) is 30.5 Å². The van der Waals surface area contributed by atoms with E-state index in [0.29, 0.717) is 42.2 Å². The van der Waals surface area contributed by atoms with Crippen molar-refractivity contribution in [1.82, 2.24) is 19.7 Å². The molecule has 2 aliphatic rings. The van der Waals surface area contributed by atoms with Crippen molar-refractivity contribution in [3.63, 3.8) is 0 Å². The summed E-state index contributed by atoms with van der Waals surface area (Å²) in [6, 6.07) is 7.43. The van der Waals surface area contributed by atoms with Gasteiger partial charge in [-0.3, -0.25) is 14.7 Å². The van der Waals surface area contributed by atoms with E-state index in [9.17, 15) is 4.79 Å². The monoisotopic (exact) mass is 445 g/mol. The van der Waals surface area contributed by atoms with E-state index in [2.05, 4.69) is 27.3 Å². The number of nitrogens with zero attached hydrogens (tertiary/aromatic N) is 6. The van der Waals surface area contributed by atoms with Crippen LogP contribution in [-0.4, -0.2) is 44.8 Å². The highest BCUT2D eigenvalue weighted by atomic mass is 16.5. The first-order valence-corrected chi connectivity index (χ1v) is 11.2. The number of aromatic nitrogens is 4. The summed E-state index contributed by atoms with van der Waals surface area (Å²) >= 11 is 0. The molecular formula is C24H27N7O2. The molecule has 9 nitrogen and oxygen atoms in total. The quantitative estimate of drug-likeness (QED) is 0.563. The second-order valence-electron chi connectivity index (χ2n) is 8.77. The number of fused-ring (bicyclic) bond motifs is 7. The molecule has 2 bridgehead atoms. The van der Waals surface area contributed by atoms with Crippen LogP contribution in [0.4, 0.5) is 11.5 Å². The van der Waals surface area contributed by atoms with Gasteiger partial charge in [0.1, 0.15) is 0 Å². The Hall–Kier alpha value is -3.75. The summed E-state index contributed by atoms with van der Waals surface area (Å²) in [6.07, 6.45) is 3.57. The summed E-state index contributed by atoms with van der Waals surface area (Å²) in [5.74, 6) is 1.96. The fourth-order valence-corrected chi connectivity index (χ4v) is 4.26. The smallest absolute Gasteiger partial charge is 0.280 e. The normalized spacial score (nSPS) is 19.8. The standard InChI is InChI=1S/C24H27N7O2/c1-14-6-5-9-33-23-18(12-25-30(23)4)20-11-17(10-16(3)26-20)22(32)29-24-28-19-8-7-15(2)27-21(19)31(24)13-14/h7-8,10-12,14H,5-6,9,13H2,1-4H3,(H,28,29,32)/t14-/m1/s1. The Kier molecular flexibility index (Phi) is 5.32. The van der Waals surface area contributed by atoms with Crippen LogP contribution < -0.4 is 15.0 Å². The van der Waals surface area contributed by atoms with Gasteiger partial charge in [-0.2, -0.15) is 10.1 Å². The van der Waals surface area contributed by atoms with Gasteiger partial charge < -0.3 is 10.1 Å². The molecule has 1 atom stereocenters. The van der Waals surface area contributed by atoms with Crippen LogP contribution in [0.15, 0.2) is 35.5 Å². The Morgan fingerprint density at radius 2 is 2.00 bits per heavy atom. The molecule has 2 aliphatic heterocycles. The minimum atomic E-state index is -0.340. The maximum absolute atomic E-state index is 13.3. The molecule has 1 amide bonds. The van der Waals surface area contributed by atoms with Crippen LogP contribution in [0.1, 0.15) is 41.5 Å². The van der Waals surface area contributed by atoms with Gasteiger partial charge in [-0.1, -0.05) is 6.92 Å². The van der Waals surface area contributed by atoms with Gasteiger partial charge in [-0.15, -0.1) is 0 Å². The number of pyridine rings is 2. The SMILES string of the molecule is Cc1cc2cc(n1)-c1cnn(C)c1OCCC[C@@H](C)CN1/C(=N/C2=O)Nc2ccc(C)nc21. The lowest BCUT2D eigenvalue weighted by Crippen LogP contribution is -2.35. The highest BCUT2D eigenvalue weighted by Crippen LogP contribution is 2.33. The van der Waals surface area contributed by atoms with Gasteiger partial charge in [0.05, 0.1) is 29.7 Å². The van der Waals surface area contributed by atoms with Crippen molar-refractivity contribution in [3.05, 3.63) is 47.4 Å². The number of ether oxygens (including phenoxy) is 1. The number of aryl methyl sites for hydroxylation is 3. The van der Waals surface area contributed by atoms with Crippen LogP contribution in [0.2, 0.25) is 0 Å². The van der Waals surface area contributed by atoms with Gasteiger partial charge in [-0.25, -0.2) is 9.67 Å². The zero-order valence-electron chi connectivity index (χ0n) is 19.3. The molecule has 170 valence electrons. The van der Waals surface area contributed by atoms with E-state index in [1.807, 2.05) is 37.9 Å². The lowest BCUT2D eigenvalue weighted by atomic mass is 10.1. The molecule has 0 spiro atoms. The van der Waals surface area contributed by atoms with Crippen molar-refractivity contribution in [1.29, 1.82) is 0 Å². The molecule has 0 fully saturated rings. The van der Waals surface area contributed by atoms with Crippen LogP contribution in [0.25, 0.3) is 11.3 Å². The van der Waals surface area contributed by atoms with E-state index in [1.54, 1.807) is 23.0 Å². The van der Waals surface area contributed by atoms with Crippen LogP contribution >= 0.6 is 0 Å². The van der Waals surface area contributed by atoms with E-state index in [1.165, 1.54) is 0 Å². The maximum Gasteiger partial charge on any atom is 0.280 e. The molecular weight excluding hydrogens is 418 g/mol. The largest absolute Gasteiger partial charge is 0.477 e. The third-order valence-corrected chi connectivity index (χ3v) is 5.91. The van der Waals surface area contributed by atoms with E-state index in [0.717, 1.165) is 41.3 Å². The summed E-state index contributed by atoms with van der Waals surface area (Å²) < 4.78 is 7.82. The van der Waals surface area contributed by atoms with Crippen molar-refractivity contribution in [3.8, 4) is 17.1 Å². The zero-order chi connectivity index (χ0) is 23.1. The first-order valence-electron chi connectivity index (χ1n) is 11.2. The molecule has 0 saturated carbocycles. The Labute approximate surface area is 192 Å². The number of carbonyl (C=O) groups is 1. The highest BCUT2D eigenvalue weighted by Gasteiger charge is 2.29. The number of hydrogen-bond donors (Lipinski definition) is 1. The van der Waals surface area contributed by atoms with Gasteiger partial charge >= 0.3 is 0 Å². The zero-order valence-corrected chi connectivity index (χ0v) is 19.3. The van der Waals surface area contributed by atoms with Gasteiger partial charge in [0.15, 0.2) is 5.82 Å². The fourth-order valence-electron chi connectivity index (χ4n) is 4.26. The van der Waals surface area contributed by atoms with Crippen LogP contribution in [0, 0.1) is 19.8 Å². The van der Waals surface area contributed by atoms with Crippen LogP contribution in [-0.2, 0) is 7.05 Å². The number of rotatable bonds is 0. The summed E-state index contributed by atoms with van der Waals surface area (Å²) in [6.45, 7) is 7.28. The van der Waals surface area contributed by atoms with E-state index in [-0.39, 0.29) is 5.91 Å². The Bertz CT molecular complexity index is 1260. The number of aliphatic imine (C=N–C) groups is 1. The van der Waals surface area contributed by atoms with Crippen LogP contribution in [0.5, 0.6) is 5.88 Å². The first-order chi connectivity index (χ1) is 15.9. The molecule has 5 rings (SSSR count). The van der Waals surface area contributed by atoms with Gasteiger partial charge in [0.2, 0.25) is 11.8 Å². The van der Waals surface area contributed by atoms with Crippen LogP contribution in [0.3, 0.4) is 0 Å². The maximum atomic E-state index is 13.3. The Balaban J connectivity index is 1.60. The van der Waals surface area contributed by atoms with Gasteiger partial charge in [-0.05, 0) is 56.9 Å². The number of nitrogens with one attached hydrogen (secondary N) is 1. The van der Waals surface area contributed by atoms with Crippen molar-refractivity contribution in [2.45, 2.75) is 33.6 Å². The van der Waals surface area contributed by atoms with Crippen molar-refractivity contribution >= 4 is 23.4 Å². The van der Waals surface area contributed by atoms with Crippen molar-refractivity contribution in [2.24, 2.45) is 18.0 Å². The summed E-state index contributed by atoms with van der Waals surface area (Å²) in [5.41, 5.74) is 4.36. The minimum absolute atomic E-state index is 0.338. The minimum Gasteiger partial charge on any atom is -0.477 e. The molecule has 0 aliphatic carbocycles. The number of anilines is 2. The number of amides is 1. The second-order valence-corrected chi connectivity index (χ2v) is 8.77. The highest BCUT2D eigenvalue weighted by molar-refractivity contribution is 6.18. The Morgan fingerprint density at radius 3 is 2.85 bits per heavy atom. The lowest BCUT2D eigenvalue weighted by molar-refractivity contribution is 0.100. The Morgan fingerprint density at radius 1 is 1.15 bits per heavy atom. The molecule has 9 heteroatoms. The summed E-state index contributed by atoms with van der Waals surface area (Å²) in [5, 5.41) is 7.64. The topological polar surface area (TPSA) is 97.5 Å². The third-order valence-electron chi connectivity index (χ3n) is 5.91. The number of carbonyl (C=O) groups excluding carboxylic acids is 1. The first kappa shape index (κ1) is 21.1. The molecule has 0 radical (unpaired) electrons. The lowest BCUT2D eigenvalue weighted by Gasteiger charge is -2.22. The van der Waals surface area contributed by atoms with Crippen molar-refractivity contribution in [2.75, 3.05) is 23.4 Å². The average molecular weight is 446 g/mol. The molecule has 5 heterocycles. The van der Waals surface area contributed by atoms with E-state index >= 15 is 0 Å². The average Bonchev–Trinajstić information content (AvgIpc) is 3.30. The summed E-state index contributed by atoms with van der Waals surface area (Å²) in [7, 11) is 1.84. The predicted molar refractivity (Wildman–Crippen MR) is 127 cm³/mol. The molecule has 0 unspecified atom stereocenters. The van der Waals surface area contributed by atoms with E-state index < -0.39 is 0 Å². The fraction of sp³-hybridized carbons (Fsp3) is 0.375. The molecule has 3 aromatic rings. The number of guanidine groups is 1. The predicted octanol–water partition coefficient (Wildman–Crippen LogP) is 3.73. The molecule has 0 aromatic carbocycles.